The maximum atomic E-state index is 13.0. The summed E-state index contributed by atoms with van der Waals surface area (Å²) in [5, 5.41) is 0.318. The van der Waals surface area contributed by atoms with Crippen LogP contribution in [-0.4, -0.2) is 32.1 Å². The van der Waals surface area contributed by atoms with Crippen LogP contribution in [0.4, 0.5) is 0 Å². The molecule has 0 saturated carbocycles. The Kier molecular flexibility index (Phi) is 5.96. The van der Waals surface area contributed by atoms with Gasteiger partial charge in [0.05, 0.1) is 22.7 Å². The highest BCUT2D eigenvalue weighted by Gasteiger charge is 2.24. The minimum absolute atomic E-state index is 0.00639. The number of amides is 1. The van der Waals surface area contributed by atoms with Crippen molar-refractivity contribution in [3.8, 4) is 0 Å². The summed E-state index contributed by atoms with van der Waals surface area (Å²) in [6.45, 7) is 6.12. The Labute approximate surface area is 162 Å². The molecule has 0 saturated heterocycles. The van der Waals surface area contributed by atoms with Gasteiger partial charge in [-0.1, -0.05) is 30.3 Å². The van der Waals surface area contributed by atoms with Gasteiger partial charge < -0.3 is 9.88 Å². The topological polar surface area (TPSA) is 66.1 Å². The number of fused-ring (bicyclic) bond motifs is 1. The lowest BCUT2D eigenvalue weighted by Gasteiger charge is -2.29. The molecule has 0 aliphatic rings. The number of nitrogens with one attached hydrogen (secondary N) is 1. The Morgan fingerprint density at radius 1 is 1.07 bits per heavy atom. The molecule has 1 atom stereocenters. The monoisotopic (exact) mass is 381 g/mol. The lowest BCUT2D eigenvalue weighted by molar-refractivity contribution is -0.132. The summed E-state index contributed by atoms with van der Waals surface area (Å²) >= 11 is 1.53. The van der Waals surface area contributed by atoms with Crippen molar-refractivity contribution in [1.82, 2.24) is 14.9 Å². The third kappa shape index (κ3) is 4.57. The van der Waals surface area contributed by atoms with Crippen LogP contribution in [0.25, 0.3) is 10.9 Å². The molecule has 6 heteroatoms. The molecule has 3 rings (SSSR count). The Morgan fingerprint density at radius 3 is 2.44 bits per heavy atom. The van der Waals surface area contributed by atoms with Gasteiger partial charge >= 0.3 is 0 Å². The molecule has 0 bridgehead atoms. The first kappa shape index (κ1) is 19.2. The fourth-order valence-electron chi connectivity index (χ4n) is 2.87. The summed E-state index contributed by atoms with van der Waals surface area (Å²) in [5.74, 6) is 0.521. The third-order valence-electron chi connectivity index (χ3n) is 4.29. The number of aromatic nitrogens is 2. The van der Waals surface area contributed by atoms with Gasteiger partial charge in [0.2, 0.25) is 5.91 Å². The second-order valence-corrected chi connectivity index (χ2v) is 8.08. The molecule has 140 valence electrons. The van der Waals surface area contributed by atoms with Crippen molar-refractivity contribution >= 4 is 28.6 Å². The van der Waals surface area contributed by atoms with E-state index in [1.54, 1.807) is 11.0 Å². The number of H-pyrrole nitrogens is 1. The fraction of sp³-hybridized carbons (Fsp3) is 0.286. The summed E-state index contributed by atoms with van der Waals surface area (Å²) < 4.78 is 0. The number of carbonyl (C=O) groups excluding carboxylic acids is 1. The highest BCUT2D eigenvalue weighted by Crippen LogP contribution is 2.25. The molecule has 0 fully saturated rings. The van der Waals surface area contributed by atoms with Crippen LogP contribution in [0, 0.1) is 0 Å². The molecule has 0 spiro atoms. The van der Waals surface area contributed by atoms with Gasteiger partial charge in [0, 0.05) is 10.9 Å². The van der Waals surface area contributed by atoms with Crippen molar-refractivity contribution in [3.63, 3.8) is 0 Å². The maximum absolute atomic E-state index is 13.0. The average molecular weight is 382 g/mol. The number of para-hydroxylation sites is 1. The van der Waals surface area contributed by atoms with E-state index in [1.807, 2.05) is 69.3 Å². The van der Waals surface area contributed by atoms with Crippen LogP contribution in [0.2, 0.25) is 0 Å². The first-order valence-electron chi connectivity index (χ1n) is 8.96. The minimum atomic E-state index is -0.234. The van der Waals surface area contributed by atoms with Crippen molar-refractivity contribution in [2.24, 2.45) is 0 Å². The minimum Gasteiger partial charge on any atom is -0.332 e. The van der Waals surface area contributed by atoms with Gasteiger partial charge in [0.15, 0.2) is 0 Å². The maximum Gasteiger partial charge on any atom is 0.258 e. The first-order valence-corrected chi connectivity index (χ1v) is 9.84. The molecule has 27 heavy (non-hydrogen) atoms. The average Bonchev–Trinajstić information content (AvgIpc) is 2.66. The van der Waals surface area contributed by atoms with Gasteiger partial charge in [-0.25, -0.2) is 4.98 Å². The molecular formula is C21H23N3O2S. The van der Waals surface area contributed by atoms with Crippen LogP contribution in [-0.2, 0) is 11.3 Å². The van der Waals surface area contributed by atoms with Gasteiger partial charge in [0.1, 0.15) is 5.82 Å². The van der Waals surface area contributed by atoms with E-state index in [4.69, 9.17) is 0 Å². The molecule has 1 aromatic heterocycles. The van der Waals surface area contributed by atoms with E-state index in [-0.39, 0.29) is 29.3 Å². The molecule has 0 radical (unpaired) electrons. The SMILES string of the molecule is CC(Sc1ccccc1)C(=O)N(Cc1nc2ccccc2c(=O)[nH]1)C(C)C. The van der Waals surface area contributed by atoms with Crippen LogP contribution in [0.3, 0.4) is 0 Å². The Bertz CT molecular complexity index is 985. The summed E-state index contributed by atoms with van der Waals surface area (Å²) in [4.78, 5) is 35.5. The van der Waals surface area contributed by atoms with Crippen molar-refractivity contribution < 1.29 is 4.79 Å². The summed E-state index contributed by atoms with van der Waals surface area (Å²) in [7, 11) is 0. The molecular weight excluding hydrogens is 358 g/mol. The van der Waals surface area contributed by atoms with Crippen molar-refractivity contribution in [1.29, 1.82) is 0 Å². The van der Waals surface area contributed by atoms with Crippen molar-refractivity contribution in [2.45, 2.75) is 43.5 Å². The zero-order valence-electron chi connectivity index (χ0n) is 15.7. The third-order valence-corrected chi connectivity index (χ3v) is 5.39. The predicted molar refractivity (Wildman–Crippen MR) is 110 cm³/mol. The van der Waals surface area contributed by atoms with Crippen LogP contribution in [0.1, 0.15) is 26.6 Å². The predicted octanol–water partition coefficient (Wildman–Crippen LogP) is 3.84. The number of carbonyl (C=O) groups is 1. The molecule has 0 aliphatic heterocycles. The van der Waals surface area contributed by atoms with Gasteiger partial charge in [-0.2, -0.15) is 0 Å². The zero-order chi connectivity index (χ0) is 19.4. The van der Waals surface area contributed by atoms with E-state index in [1.165, 1.54) is 11.8 Å². The Morgan fingerprint density at radius 2 is 1.74 bits per heavy atom. The molecule has 3 aromatic rings. The first-order chi connectivity index (χ1) is 13.0. The number of thioether (sulfide) groups is 1. The Balaban J connectivity index is 1.81. The number of hydrogen-bond donors (Lipinski definition) is 1. The lowest BCUT2D eigenvalue weighted by atomic mass is 10.2. The summed E-state index contributed by atoms with van der Waals surface area (Å²) in [5.41, 5.74) is 0.456. The Hall–Kier alpha value is -2.60. The quantitative estimate of drug-likeness (QED) is 0.659. The smallest absolute Gasteiger partial charge is 0.258 e. The number of hydrogen-bond acceptors (Lipinski definition) is 4. The van der Waals surface area contributed by atoms with Gasteiger partial charge in [-0.15, -0.1) is 11.8 Å². The van der Waals surface area contributed by atoms with Gasteiger partial charge in [0.25, 0.3) is 5.56 Å². The van der Waals surface area contributed by atoms with E-state index in [0.29, 0.717) is 16.7 Å². The summed E-state index contributed by atoms with van der Waals surface area (Å²) in [6.07, 6.45) is 0. The van der Waals surface area contributed by atoms with Crippen molar-refractivity contribution in [2.75, 3.05) is 0 Å². The van der Waals surface area contributed by atoms with E-state index in [2.05, 4.69) is 9.97 Å². The fourth-order valence-corrected chi connectivity index (χ4v) is 3.83. The molecule has 1 heterocycles. The molecule has 1 N–H and O–H groups in total. The van der Waals surface area contributed by atoms with Gasteiger partial charge in [-0.05, 0) is 45.0 Å². The van der Waals surface area contributed by atoms with Crippen LogP contribution >= 0.6 is 11.8 Å². The lowest BCUT2D eigenvalue weighted by Crippen LogP contribution is -2.41. The highest BCUT2D eigenvalue weighted by molar-refractivity contribution is 8.00. The van der Waals surface area contributed by atoms with E-state index in [9.17, 15) is 9.59 Å². The largest absolute Gasteiger partial charge is 0.332 e. The summed E-state index contributed by atoms with van der Waals surface area (Å²) in [6, 6.07) is 17.1. The van der Waals surface area contributed by atoms with Crippen LogP contribution in [0.5, 0.6) is 0 Å². The second kappa shape index (κ2) is 8.39. The zero-order valence-corrected chi connectivity index (χ0v) is 16.5. The highest BCUT2D eigenvalue weighted by atomic mass is 32.2. The normalized spacial score (nSPS) is 12.3. The second-order valence-electron chi connectivity index (χ2n) is 6.66. The number of aromatic amines is 1. The van der Waals surface area contributed by atoms with Crippen LogP contribution < -0.4 is 5.56 Å². The number of rotatable bonds is 6. The van der Waals surface area contributed by atoms with Crippen LogP contribution in [0.15, 0.2) is 64.3 Å². The van der Waals surface area contributed by atoms with E-state index in [0.717, 1.165) is 4.90 Å². The molecule has 1 unspecified atom stereocenters. The molecule has 1 amide bonds. The van der Waals surface area contributed by atoms with Crippen molar-refractivity contribution in [3.05, 3.63) is 70.8 Å². The number of benzene rings is 2. The molecule has 5 nitrogen and oxygen atoms in total. The molecule has 0 aliphatic carbocycles. The van der Waals surface area contributed by atoms with E-state index < -0.39 is 0 Å². The standard InChI is InChI=1S/C21H23N3O2S/c1-14(2)24(21(26)15(3)27-16-9-5-4-6-10-16)13-19-22-18-12-8-7-11-17(18)20(25)23-19/h4-12,14-15H,13H2,1-3H3,(H,22,23,25). The van der Waals surface area contributed by atoms with E-state index >= 15 is 0 Å². The van der Waals surface area contributed by atoms with Gasteiger partial charge in [-0.3, -0.25) is 9.59 Å². The molecule has 2 aromatic carbocycles. The number of nitrogens with zero attached hydrogens (tertiary/aromatic N) is 2.